The summed E-state index contributed by atoms with van der Waals surface area (Å²) in [6, 6.07) is 15.7. The van der Waals surface area contributed by atoms with E-state index >= 15 is 0 Å². The van der Waals surface area contributed by atoms with Gasteiger partial charge in [0, 0.05) is 5.02 Å². The standard InChI is InChI=1S/C17H15ClO/c1-19-17-12-8-15(9-13-17)5-3-2-4-14-6-10-16(18)11-7-14/h2-13H,1H3. The monoisotopic (exact) mass is 270 g/mol. The van der Waals surface area contributed by atoms with Crippen LogP contribution in [0.1, 0.15) is 11.1 Å². The summed E-state index contributed by atoms with van der Waals surface area (Å²) in [5, 5.41) is 0.755. The van der Waals surface area contributed by atoms with E-state index in [2.05, 4.69) is 0 Å². The molecular weight excluding hydrogens is 256 g/mol. The third-order valence-corrected chi connectivity index (χ3v) is 2.93. The van der Waals surface area contributed by atoms with Crippen LogP contribution in [0.3, 0.4) is 0 Å². The first-order valence-electron chi connectivity index (χ1n) is 6.02. The van der Waals surface area contributed by atoms with Crippen molar-refractivity contribution in [3.05, 3.63) is 76.8 Å². The first-order chi connectivity index (χ1) is 9.28. The summed E-state index contributed by atoms with van der Waals surface area (Å²) >= 11 is 5.83. The molecule has 0 saturated heterocycles. The van der Waals surface area contributed by atoms with Gasteiger partial charge >= 0.3 is 0 Å². The van der Waals surface area contributed by atoms with Gasteiger partial charge in [0.15, 0.2) is 0 Å². The molecule has 96 valence electrons. The van der Waals surface area contributed by atoms with E-state index in [-0.39, 0.29) is 0 Å². The molecular formula is C17H15ClO. The zero-order chi connectivity index (χ0) is 13.5. The van der Waals surface area contributed by atoms with E-state index in [1.54, 1.807) is 7.11 Å². The van der Waals surface area contributed by atoms with Crippen LogP contribution in [0.15, 0.2) is 60.7 Å². The van der Waals surface area contributed by atoms with Crippen molar-refractivity contribution >= 4 is 23.8 Å². The topological polar surface area (TPSA) is 9.23 Å². The quantitative estimate of drug-likeness (QED) is 0.705. The van der Waals surface area contributed by atoms with Crippen molar-refractivity contribution in [2.75, 3.05) is 7.11 Å². The largest absolute Gasteiger partial charge is 0.497 e. The van der Waals surface area contributed by atoms with Gasteiger partial charge in [-0.1, -0.05) is 60.2 Å². The molecule has 0 spiro atoms. The first kappa shape index (κ1) is 13.4. The van der Waals surface area contributed by atoms with Gasteiger partial charge in [0.05, 0.1) is 7.11 Å². The van der Waals surface area contributed by atoms with Crippen LogP contribution < -0.4 is 4.74 Å². The number of allylic oxidation sites excluding steroid dienone is 2. The molecule has 1 nitrogen and oxygen atoms in total. The lowest BCUT2D eigenvalue weighted by molar-refractivity contribution is 0.415. The minimum atomic E-state index is 0.755. The smallest absolute Gasteiger partial charge is 0.118 e. The van der Waals surface area contributed by atoms with Gasteiger partial charge in [-0.05, 0) is 35.4 Å². The van der Waals surface area contributed by atoms with Crippen molar-refractivity contribution < 1.29 is 4.74 Å². The van der Waals surface area contributed by atoms with E-state index in [4.69, 9.17) is 16.3 Å². The number of halogens is 1. The molecule has 2 aromatic carbocycles. The van der Waals surface area contributed by atoms with Crippen molar-refractivity contribution in [1.29, 1.82) is 0 Å². The fraction of sp³-hybridized carbons (Fsp3) is 0.0588. The molecule has 0 radical (unpaired) electrons. The lowest BCUT2D eigenvalue weighted by atomic mass is 10.2. The Morgan fingerprint density at radius 1 is 0.789 bits per heavy atom. The fourth-order valence-electron chi connectivity index (χ4n) is 1.62. The van der Waals surface area contributed by atoms with Crippen LogP contribution >= 0.6 is 11.6 Å². The van der Waals surface area contributed by atoms with Gasteiger partial charge in [-0.25, -0.2) is 0 Å². The number of ether oxygens (including phenoxy) is 1. The second-order valence-corrected chi connectivity index (χ2v) is 4.48. The van der Waals surface area contributed by atoms with Crippen LogP contribution in [-0.2, 0) is 0 Å². The Hall–Kier alpha value is -1.99. The average Bonchev–Trinajstić information content (AvgIpc) is 2.46. The molecule has 0 aromatic heterocycles. The molecule has 0 aliphatic carbocycles. The second-order valence-electron chi connectivity index (χ2n) is 4.04. The maximum absolute atomic E-state index is 5.83. The van der Waals surface area contributed by atoms with Crippen LogP contribution in [-0.4, -0.2) is 7.11 Å². The molecule has 0 amide bonds. The molecule has 0 bridgehead atoms. The van der Waals surface area contributed by atoms with Gasteiger partial charge in [0.2, 0.25) is 0 Å². The van der Waals surface area contributed by atoms with Crippen LogP contribution in [0.25, 0.3) is 12.2 Å². The molecule has 0 heterocycles. The first-order valence-corrected chi connectivity index (χ1v) is 6.40. The molecule has 0 atom stereocenters. The average molecular weight is 271 g/mol. The van der Waals surface area contributed by atoms with Crippen molar-refractivity contribution in [3.63, 3.8) is 0 Å². The highest BCUT2D eigenvalue weighted by Crippen LogP contribution is 2.13. The molecule has 0 unspecified atom stereocenters. The van der Waals surface area contributed by atoms with Crippen LogP contribution in [0, 0.1) is 0 Å². The summed E-state index contributed by atoms with van der Waals surface area (Å²) in [5.41, 5.74) is 2.27. The Morgan fingerprint density at radius 2 is 1.26 bits per heavy atom. The Morgan fingerprint density at radius 3 is 1.74 bits per heavy atom. The highest BCUT2D eigenvalue weighted by atomic mass is 35.5. The van der Waals surface area contributed by atoms with Crippen molar-refractivity contribution in [3.8, 4) is 5.75 Å². The number of hydrogen-bond donors (Lipinski definition) is 0. The summed E-state index contributed by atoms with van der Waals surface area (Å²) in [7, 11) is 1.67. The highest BCUT2D eigenvalue weighted by molar-refractivity contribution is 6.30. The third-order valence-electron chi connectivity index (χ3n) is 2.67. The van der Waals surface area contributed by atoms with Gasteiger partial charge in [-0.3, -0.25) is 0 Å². The number of rotatable bonds is 4. The summed E-state index contributed by atoms with van der Waals surface area (Å²) in [5.74, 6) is 0.869. The molecule has 0 aliphatic rings. The summed E-state index contributed by atoms with van der Waals surface area (Å²) in [6.07, 6.45) is 8.10. The molecule has 0 aliphatic heterocycles. The molecule has 0 saturated carbocycles. The molecule has 0 N–H and O–H groups in total. The number of methoxy groups -OCH3 is 1. The van der Waals surface area contributed by atoms with E-state index in [9.17, 15) is 0 Å². The second kappa shape index (κ2) is 6.81. The number of benzene rings is 2. The van der Waals surface area contributed by atoms with Gasteiger partial charge in [0.25, 0.3) is 0 Å². The molecule has 2 rings (SSSR count). The zero-order valence-electron chi connectivity index (χ0n) is 10.7. The van der Waals surface area contributed by atoms with Crippen molar-refractivity contribution in [2.24, 2.45) is 0 Å². The minimum Gasteiger partial charge on any atom is -0.497 e. The summed E-state index contributed by atoms with van der Waals surface area (Å²) in [6.45, 7) is 0. The van der Waals surface area contributed by atoms with E-state index in [1.807, 2.05) is 72.8 Å². The van der Waals surface area contributed by atoms with Crippen LogP contribution in [0.4, 0.5) is 0 Å². The van der Waals surface area contributed by atoms with Crippen LogP contribution in [0.2, 0.25) is 5.02 Å². The van der Waals surface area contributed by atoms with Crippen LogP contribution in [0.5, 0.6) is 5.75 Å². The van der Waals surface area contributed by atoms with Gasteiger partial charge in [-0.2, -0.15) is 0 Å². The van der Waals surface area contributed by atoms with Crippen molar-refractivity contribution in [1.82, 2.24) is 0 Å². The predicted molar refractivity (Wildman–Crippen MR) is 82.5 cm³/mol. The Balaban J connectivity index is 1.96. The maximum Gasteiger partial charge on any atom is 0.118 e. The third kappa shape index (κ3) is 4.31. The summed E-state index contributed by atoms with van der Waals surface area (Å²) in [4.78, 5) is 0. The van der Waals surface area contributed by atoms with Crippen molar-refractivity contribution in [2.45, 2.75) is 0 Å². The molecule has 0 fully saturated rings. The Kier molecular flexibility index (Phi) is 4.82. The normalized spacial score (nSPS) is 11.3. The van der Waals surface area contributed by atoms with E-state index < -0.39 is 0 Å². The minimum absolute atomic E-state index is 0.755. The maximum atomic E-state index is 5.83. The molecule has 2 aromatic rings. The van der Waals surface area contributed by atoms with Gasteiger partial charge in [-0.15, -0.1) is 0 Å². The van der Waals surface area contributed by atoms with E-state index in [0.29, 0.717) is 0 Å². The zero-order valence-corrected chi connectivity index (χ0v) is 11.5. The van der Waals surface area contributed by atoms with Gasteiger partial charge < -0.3 is 4.74 Å². The summed E-state index contributed by atoms with van der Waals surface area (Å²) < 4.78 is 5.11. The Bertz CT molecular complexity index is 565. The predicted octanol–water partition coefficient (Wildman–Crippen LogP) is 5.08. The lowest BCUT2D eigenvalue weighted by Gasteiger charge is -1.98. The lowest BCUT2D eigenvalue weighted by Crippen LogP contribution is -1.81. The van der Waals surface area contributed by atoms with E-state index in [1.165, 1.54) is 0 Å². The fourth-order valence-corrected chi connectivity index (χ4v) is 1.75. The Labute approximate surface area is 118 Å². The molecule has 19 heavy (non-hydrogen) atoms. The number of hydrogen-bond acceptors (Lipinski definition) is 1. The van der Waals surface area contributed by atoms with E-state index in [0.717, 1.165) is 21.9 Å². The SMILES string of the molecule is COc1ccc(C=CC=Cc2ccc(Cl)cc2)cc1. The molecule has 2 heteroatoms. The highest BCUT2D eigenvalue weighted by Gasteiger charge is 1.89. The van der Waals surface area contributed by atoms with Gasteiger partial charge in [0.1, 0.15) is 5.75 Å².